The van der Waals surface area contributed by atoms with Crippen molar-refractivity contribution >= 4 is 17.3 Å². The van der Waals surface area contributed by atoms with Gasteiger partial charge in [0, 0.05) is 11.4 Å². The van der Waals surface area contributed by atoms with Gasteiger partial charge in [-0.3, -0.25) is 4.79 Å². The van der Waals surface area contributed by atoms with E-state index in [4.69, 9.17) is 11.5 Å². The SMILES string of the molecule is Cc1cc(N)cc(NC(C(N)=O)C(C)C)c1. The minimum absolute atomic E-state index is 0.138. The van der Waals surface area contributed by atoms with Gasteiger partial charge in [-0.25, -0.2) is 0 Å². The number of carbonyl (C=O) groups excluding carboxylic acids is 1. The van der Waals surface area contributed by atoms with Crippen LogP contribution in [-0.2, 0) is 4.79 Å². The van der Waals surface area contributed by atoms with Crippen molar-refractivity contribution in [3.05, 3.63) is 23.8 Å². The molecule has 1 unspecified atom stereocenters. The second-order valence-corrected chi connectivity index (χ2v) is 4.40. The second kappa shape index (κ2) is 4.88. The molecule has 0 fully saturated rings. The fourth-order valence-corrected chi connectivity index (χ4v) is 1.64. The fourth-order valence-electron chi connectivity index (χ4n) is 1.64. The maximum absolute atomic E-state index is 11.2. The molecule has 16 heavy (non-hydrogen) atoms. The van der Waals surface area contributed by atoms with Crippen molar-refractivity contribution in [1.29, 1.82) is 0 Å². The molecular weight excluding hydrogens is 202 g/mol. The van der Waals surface area contributed by atoms with Crippen LogP contribution in [0.5, 0.6) is 0 Å². The molecule has 88 valence electrons. The molecule has 4 heteroatoms. The van der Waals surface area contributed by atoms with E-state index >= 15 is 0 Å². The van der Waals surface area contributed by atoms with Crippen molar-refractivity contribution in [2.75, 3.05) is 11.1 Å². The number of anilines is 2. The van der Waals surface area contributed by atoms with E-state index in [1.165, 1.54) is 0 Å². The number of amides is 1. The molecule has 1 aromatic carbocycles. The van der Waals surface area contributed by atoms with Gasteiger partial charge in [-0.2, -0.15) is 0 Å². The number of rotatable bonds is 4. The highest BCUT2D eigenvalue weighted by atomic mass is 16.1. The third kappa shape index (κ3) is 3.15. The molecule has 0 spiro atoms. The van der Waals surface area contributed by atoms with Gasteiger partial charge in [-0.05, 0) is 36.6 Å². The van der Waals surface area contributed by atoms with Crippen molar-refractivity contribution in [1.82, 2.24) is 0 Å². The van der Waals surface area contributed by atoms with E-state index in [9.17, 15) is 4.79 Å². The quantitative estimate of drug-likeness (QED) is 0.674. The Hall–Kier alpha value is -1.71. The number of primary amides is 1. The van der Waals surface area contributed by atoms with Crippen molar-refractivity contribution in [2.45, 2.75) is 26.8 Å². The Morgan fingerprint density at radius 1 is 1.31 bits per heavy atom. The number of nitrogens with two attached hydrogens (primary N) is 2. The van der Waals surface area contributed by atoms with E-state index in [2.05, 4.69) is 5.32 Å². The van der Waals surface area contributed by atoms with E-state index in [1.54, 1.807) is 6.07 Å². The molecule has 1 atom stereocenters. The van der Waals surface area contributed by atoms with Gasteiger partial charge in [0.05, 0.1) is 0 Å². The lowest BCUT2D eigenvalue weighted by Crippen LogP contribution is -2.39. The summed E-state index contributed by atoms with van der Waals surface area (Å²) in [5, 5.41) is 3.10. The van der Waals surface area contributed by atoms with Crippen LogP contribution < -0.4 is 16.8 Å². The van der Waals surface area contributed by atoms with E-state index < -0.39 is 0 Å². The largest absolute Gasteiger partial charge is 0.399 e. The Morgan fingerprint density at radius 3 is 2.38 bits per heavy atom. The van der Waals surface area contributed by atoms with Crippen LogP contribution in [0.4, 0.5) is 11.4 Å². The van der Waals surface area contributed by atoms with Crippen LogP contribution in [0.25, 0.3) is 0 Å². The van der Waals surface area contributed by atoms with Crippen LogP contribution in [0, 0.1) is 12.8 Å². The van der Waals surface area contributed by atoms with Crippen LogP contribution in [-0.4, -0.2) is 11.9 Å². The molecule has 0 aliphatic heterocycles. The Kier molecular flexibility index (Phi) is 3.77. The van der Waals surface area contributed by atoms with Crippen molar-refractivity contribution in [2.24, 2.45) is 11.7 Å². The molecule has 1 rings (SSSR count). The summed E-state index contributed by atoms with van der Waals surface area (Å²) in [5.41, 5.74) is 13.6. The molecule has 0 aromatic heterocycles. The lowest BCUT2D eigenvalue weighted by Gasteiger charge is -2.20. The zero-order chi connectivity index (χ0) is 12.3. The molecule has 0 saturated carbocycles. The van der Waals surface area contributed by atoms with E-state index in [0.717, 1.165) is 11.3 Å². The van der Waals surface area contributed by atoms with Gasteiger partial charge >= 0.3 is 0 Å². The predicted molar refractivity (Wildman–Crippen MR) is 67.0 cm³/mol. The average Bonchev–Trinajstić information content (AvgIpc) is 2.11. The van der Waals surface area contributed by atoms with Crippen molar-refractivity contribution in [3.63, 3.8) is 0 Å². The molecule has 0 aliphatic rings. The fraction of sp³-hybridized carbons (Fsp3) is 0.417. The summed E-state index contributed by atoms with van der Waals surface area (Å²) < 4.78 is 0. The lowest BCUT2D eigenvalue weighted by molar-refractivity contribution is -0.119. The summed E-state index contributed by atoms with van der Waals surface area (Å²) >= 11 is 0. The first-order valence-corrected chi connectivity index (χ1v) is 5.33. The zero-order valence-electron chi connectivity index (χ0n) is 9.95. The van der Waals surface area contributed by atoms with E-state index in [0.29, 0.717) is 5.69 Å². The number of benzene rings is 1. The normalized spacial score (nSPS) is 12.5. The van der Waals surface area contributed by atoms with Gasteiger partial charge in [0.2, 0.25) is 5.91 Å². The Labute approximate surface area is 96.0 Å². The standard InChI is InChI=1S/C12H19N3O/c1-7(2)11(12(14)16)15-10-5-8(3)4-9(13)6-10/h4-7,11,15H,13H2,1-3H3,(H2,14,16). The lowest BCUT2D eigenvalue weighted by atomic mass is 10.0. The highest BCUT2D eigenvalue weighted by Crippen LogP contribution is 2.18. The van der Waals surface area contributed by atoms with Gasteiger partial charge in [0.25, 0.3) is 0 Å². The number of hydrogen-bond donors (Lipinski definition) is 3. The molecule has 4 nitrogen and oxygen atoms in total. The Morgan fingerprint density at radius 2 is 1.94 bits per heavy atom. The summed E-state index contributed by atoms with van der Waals surface area (Å²) in [6.07, 6.45) is 0. The van der Waals surface area contributed by atoms with Crippen molar-refractivity contribution in [3.8, 4) is 0 Å². The minimum atomic E-state index is -0.374. The third-order valence-electron chi connectivity index (χ3n) is 2.40. The average molecular weight is 221 g/mol. The van der Waals surface area contributed by atoms with Gasteiger partial charge in [0.15, 0.2) is 0 Å². The molecule has 0 radical (unpaired) electrons. The molecular formula is C12H19N3O. The van der Waals surface area contributed by atoms with Crippen LogP contribution >= 0.6 is 0 Å². The number of carbonyl (C=O) groups is 1. The molecule has 1 amide bonds. The van der Waals surface area contributed by atoms with Gasteiger partial charge in [0.1, 0.15) is 6.04 Å². The summed E-state index contributed by atoms with van der Waals surface area (Å²) in [6, 6.07) is 5.24. The molecule has 5 N–H and O–H groups in total. The summed E-state index contributed by atoms with van der Waals surface area (Å²) in [4.78, 5) is 11.2. The highest BCUT2D eigenvalue weighted by Gasteiger charge is 2.18. The van der Waals surface area contributed by atoms with Gasteiger partial charge in [-0.1, -0.05) is 13.8 Å². The first-order chi connectivity index (χ1) is 7.40. The number of nitrogen functional groups attached to an aromatic ring is 1. The van der Waals surface area contributed by atoms with E-state index in [-0.39, 0.29) is 17.9 Å². The van der Waals surface area contributed by atoms with Crippen LogP contribution in [0.1, 0.15) is 19.4 Å². The third-order valence-corrected chi connectivity index (χ3v) is 2.40. The number of nitrogens with one attached hydrogen (secondary N) is 1. The zero-order valence-corrected chi connectivity index (χ0v) is 9.95. The number of hydrogen-bond acceptors (Lipinski definition) is 3. The first-order valence-electron chi connectivity index (χ1n) is 5.33. The van der Waals surface area contributed by atoms with Gasteiger partial charge in [-0.15, -0.1) is 0 Å². The number of aryl methyl sites for hydroxylation is 1. The molecule has 0 aliphatic carbocycles. The van der Waals surface area contributed by atoms with Crippen LogP contribution in [0.3, 0.4) is 0 Å². The van der Waals surface area contributed by atoms with E-state index in [1.807, 2.05) is 32.9 Å². The Bertz CT molecular complexity index is 368. The van der Waals surface area contributed by atoms with Crippen LogP contribution in [0.2, 0.25) is 0 Å². The smallest absolute Gasteiger partial charge is 0.240 e. The topological polar surface area (TPSA) is 81.1 Å². The summed E-state index contributed by atoms with van der Waals surface area (Å²) in [7, 11) is 0. The second-order valence-electron chi connectivity index (χ2n) is 4.40. The maximum atomic E-state index is 11.2. The Balaban J connectivity index is 2.89. The predicted octanol–water partition coefficient (Wildman–Crippen LogP) is 1.50. The summed E-state index contributed by atoms with van der Waals surface area (Å²) in [5.74, 6) is -0.214. The highest BCUT2D eigenvalue weighted by molar-refractivity contribution is 5.83. The maximum Gasteiger partial charge on any atom is 0.240 e. The minimum Gasteiger partial charge on any atom is -0.399 e. The van der Waals surface area contributed by atoms with Crippen LogP contribution in [0.15, 0.2) is 18.2 Å². The van der Waals surface area contributed by atoms with Crippen molar-refractivity contribution < 1.29 is 4.79 Å². The molecule has 0 bridgehead atoms. The summed E-state index contributed by atoms with van der Waals surface area (Å²) in [6.45, 7) is 5.85. The first kappa shape index (κ1) is 12.4. The monoisotopic (exact) mass is 221 g/mol. The van der Waals surface area contributed by atoms with Gasteiger partial charge < -0.3 is 16.8 Å². The molecule has 1 aromatic rings. The molecule has 0 heterocycles. The molecule has 0 saturated heterocycles.